The fourth-order valence-electron chi connectivity index (χ4n) is 5.36. The third kappa shape index (κ3) is 3.70. The van der Waals surface area contributed by atoms with Crippen LogP contribution in [0.15, 0.2) is 41.5 Å². The molecule has 3 atom stereocenters. The largest absolute Gasteiger partial charge is 0.380 e. The molecule has 1 amide bonds. The summed E-state index contributed by atoms with van der Waals surface area (Å²) >= 11 is 0. The lowest BCUT2D eigenvalue weighted by Crippen LogP contribution is -2.54. The monoisotopic (exact) mass is 411 g/mol. The zero-order valence-corrected chi connectivity index (χ0v) is 17.2. The van der Waals surface area contributed by atoms with E-state index in [2.05, 4.69) is 10.00 Å². The third-order valence-electron chi connectivity index (χ3n) is 6.71. The van der Waals surface area contributed by atoms with E-state index >= 15 is 0 Å². The second-order valence-corrected chi connectivity index (χ2v) is 8.62. The number of aromatic nitrogens is 3. The van der Waals surface area contributed by atoms with E-state index in [1.165, 1.54) is 0 Å². The Hall–Kier alpha value is -2.45. The van der Waals surface area contributed by atoms with Gasteiger partial charge < -0.3 is 14.5 Å². The second-order valence-electron chi connectivity index (χ2n) is 8.62. The van der Waals surface area contributed by atoms with Crippen LogP contribution in [0.25, 0.3) is 0 Å². The smallest absolute Gasteiger partial charge is 0.251 e. The van der Waals surface area contributed by atoms with Gasteiger partial charge in [-0.25, -0.2) is 0 Å². The minimum absolute atomic E-state index is 0.0587. The van der Waals surface area contributed by atoms with Crippen LogP contribution in [0.5, 0.6) is 0 Å². The Labute approximate surface area is 176 Å². The van der Waals surface area contributed by atoms with Crippen LogP contribution in [-0.4, -0.2) is 76.0 Å². The lowest BCUT2D eigenvalue weighted by atomic mass is 9.78. The zero-order chi connectivity index (χ0) is 20.5. The Morgan fingerprint density at radius 1 is 1.13 bits per heavy atom. The molecule has 2 saturated heterocycles. The van der Waals surface area contributed by atoms with Crippen LogP contribution < -0.4 is 5.56 Å². The number of carbonyl (C=O) groups excluding carboxylic acids is 1. The van der Waals surface area contributed by atoms with Gasteiger partial charge in [-0.15, -0.1) is 0 Å². The zero-order valence-electron chi connectivity index (χ0n) is 17.2. The lowest BCUT2D eigenvalue weighted by Gasteiger charge is -2.47. The van der Waals surface area contributed by atoms with Crippen LogP contribution in [0, 0.1) is 5.92 Å². The first-order valence-electron chi connectivity index (χ1n) is 11.0. The molecule has 8 heteroatoms. The molecule has 0 saturated carbocycles. The quantitative estimate of drug-likeness (QED) is 0.749. The molecule has 2 aromatic heterocycles. The van der Waals surface area contributed by atoms with Crippen molar-refractivity contribution < 1.29 is 9.53 Å². The first-order valence-corrected chi connectivity index (χ1v) is 11.0. The summed E-state index contributed by atoms with van der Waals surface area (Å²) in [5, 5.41) is 4.31. The van der Waals surface area contributed by atoms with Gasteiger partial charge in [0.15, 0.2) is 0 Å². The summed E-state index contributed by atoms with van der Waals surface area (Å²) in [6.45, 7) is 6.03. The molecule has 2 fully saturated rings. The normalized spacial score (nSPS) is 26.8. The van der Waals surface area contributed by atoms with Gasteiger partial charge in [0, 0.05) is 75.3 Å². The SMILES string of the molecule is O=C([C@H]1[C@H]2C[C@H](CN(CCn3cccn3)C2)c2cccc(=O)n21)N1CCCOCC1. The number of nitrogens with zero attached hydrogens (tertiary/aromatic N) is 5. The van der Waals surface area contributed by atoms with Gasteiger partial charge in [-0.1, -0.05) is 6.07 Å². The maximum Gasteiger partial charge on any atom is 0.251 e. The summed E-state index contributed by atoms with van der Waals surface area (Å²) in [5.41, 5.74) is 0.948. The van der Waals surface area contributed by atoms with Gasteiger partial charge in [0.2, 0.25) is 5.91 Å². The van der Waals surface area contributed by atoms with E-state index in [4.69, 9.17) is 4.74 Å². The standard InChI is InChI=1S/C22H29N5O3/c28-20-5-1-4-19-17-14-18(16-24(15-17)9-10-26-8-2-6-23-26)21(27(19)20)22(29)25-7-3-12-30-13-11-25/h1-2,4-6,8,17-18,21H,3,7,9-16H2/t17-,18+,21-/m1/s1. The predicted molar refractivity (Wildman–Crippen MR) is 111 cm³/mol. The molecule has 2 aromatic rings. The van der Waals surface area contributed by atoms with Gasteiger partial charge in [0.1, 0.15) is 6.04 Å². The first-order chi connectivity index (χ1) is 14.7. The average Bonchev–Trinajstić information content (AvgIpc) is 3.13. The molecule has 5 rings (SSSR count). The maximum atomic E-state index is 13.7. The fraction of sp³-hybridized carbons (Fsp3) is 0.591. The Kier molecular flexibility index (Phi) is 5.43. The van der Waals surface area contributed by atoms with E-state index in [0.717, 1.165) is 44.7 Å². The van der Waals surface area contributed by atoms with Crippen molar-refractivity contribution in [2.75, 3.05) is 45.9 Å². The molecular formula is C22H29N5O3. The first kappa shape index (κ1) is 19.5. The summed E-state index contributed by atoms with van der Waals surface area (Å²) in [6.07, 6.45) is 5.58. The molecule has 0 aromatic carbocycles. The van der Waals surface area contributed by atoms with E-state index in [0.29, 0.717) is 26.3 Å². The van der Waals surface area contributed by atoms with Crippen LogP contribution in [-0.2, 0) is 16.1 Å². The van der Waals surface area contributed by atoms with E-state index < -0.39 is 6.04 Å². The van der Waals surface area contributed by atoms with Crippen molar-refractivity contribution in [1.29, 1.82) is 0 Å². The van der Waals surface area contributed by atoms with Gasteiger partial charge in [-0.05, 0) is 25.0 Å². The molecule has 0 unspecified atom stereocenters. The van der Waals surface area contributed by atoms with E-state index in [-0.39, 0.29) is 23.3 Å². The molecule has 8 nitrogen and oxygen atoms in total. The molecule has 160 valence electrons. The minimum atomic E-state index is -0.421. The van der Waals surface area contributed by atoms with Crippen molar-refractivity contribution in [3.05, 3.63) is 52.7 Å². The van der Waals surface area contributed by atoms with Crippen LogP contribution in [0.3, 0.4) is 0 Å². The van der Waals surface area contributed by atoms with E-state index in [1.54, 1.807) is 16.8 Å². The number of amides is 1. The van der Waals surface area contributed by atoms with Gasteiger partial charge in [0.05, 0.1) is 13.2 Å². The van der Waals surface area contributed by atoms with Crippen molar-refractivity contribution >= 4 is 5.91 Å². The van der Waals surface area contributed by atoms with Crippen molar-refractivity contribution in [3.8, 4) is 0 Å². The number of fused-ring (bicyclic) bond motifs is 4. The van der Waals surface area contributed by atoms with Gasteiger partial charge in [-0.2, -0.15) is 5.10 Å². The molecule has 0 radical (unpaired) electrons. The van der Waals surface area contributed by atoms with Gasteiger partial charge in [0.25, 0.3) is 5.56 Å². The van der Waals surface area contributed by atoms with Crippen LogP contribution in [0.2, 0.25) is 0 Å². The Morgan fingerprint density at radius 2 is 2.07 bits per heavy atom. The number of rotatable bonds is 4. The topological polar surface area (TPSA) is 72.6 Å². The lowest BCUT2D eigenvalue weighted by molar-refractivity contribution is -0.138. The van der Waals surface area contributed by atoms with Gasteiger partial charge in [-0.3, -0.25) is 18.8 Å². The molecule has 0 N–H and O–H groups in total. The van der Waals surface area contributed by atoms with Gasteiger partial charge >= 0.3 is 0 Å². The summed E-state index contributed by atoms with van der Waals surface area (Å²) in [6, 6.07) is 6.97. The van der Waals surface area contributed by atoms with Crippen LogP contribution in [0.4, 0.5) is 0 Å². The molecule has 5 heterocycles. The highest BCUT2D eigenvalue weighted by Gasteiger charge is 2.44. The number of piperidine rings is 1. The Bertz CT molecular complexity index is 932. The van der Waals surface area contributed by atoms with E-state index in [1.807, 2.05) is 34.0 Å². The van der Waals surface area contributed by atoms with Crippen molar-refractivity contribution in [2.24, 2.45) is 5.92 Å². The number of carbonyl (C=O) groups is 1. The summed E-state index contributed by atoms with van der Waals surface area (Å²) in [4.78, 5) is 30.9. The summed E-state index contributed by atoms with van der Waals surface area (Å²) in [5.74, 6) is 0.504. The Morgan fingerprint density at radius 3 is 2.93 bits per heavy atom. The number of pyridine rings is 1. The van der Waals surface area contributed by atoms with Crippen molar-refractivity contribution in [2.45, 2.75) is 31.3 Å². The highest BCUT2D eigenvalue weighted by molar-refractivity contribution is 5.81. The number of hydrogen-bond donors (Lipinski definition) is 0. The maximum absolute atomic E-state index is 13.7. The van der Waals surface area contributed by atoms with Crippen molar-refractivity contribution in [1.82, 2.24) is 24.1 Å². The number of hydrogen-bond acceptors (Lipinski definition) is 5. The molecule has 2 bridgehead atoms. The molecular weight excluding hydrogens is 382 g/mol. The number of ether oxygens (including phenoxy) is 1. The third-order valence-corrected chi connectivity index (χ3v) is 6.71. The fourth-order valence-corrected chi connectivity index (χ4v) is 5.36. The molecule has 30 heavy (non-hydrogen) atoms. The average molecular weight is 412 g/mol. The number of likely N-dealkylation sites (tertiary alicyclic amines) is 1. The summed E-state index contributed by atoms with van der Waals surface area (Å²) in [7, 11) is 0. The highest BCUT2D eigenvalue weighted by Crippen LogP contribution is 2.41. The molecule has 0 spiro atoms. The predicted octanol–water partition coefficient (Wildman–Crippen LogP) is 0.954. The van der Waals surface area contributed by atoms with Crippen LogP contribution >= 0.6 is 0 Å². The van der Waals surface area contributed by atoms with E-state index in [9.17, 15) is 9.59 Å². The highest BCUT2D eigenvalue weighted by atomic mass is 16.5. The Balaban J connectivity index is 1.43. The van der Waals surface area contributed by atoms with Crippen molar-refractivity contribution in [3.63, 3.8) is 0 Å². The van der Waals surface area contributed by atoms with Crippen LogP contribution in [0.1, 0.15) is 30.5 Å². The molecule has 0 aliphatic carbocycles. The second kappa shape index (κ2) is 8.35. The summed E-state index contributed by atoms with van der Waals surface area (Å²) < 4.78 is 9.29. The minimum Gasteiger partial charge on any atom is -0.380 e. The molecule has 3 aliphatic heterocycles. The molecule has 3 aliphatic rings.